The Hall–Kier alpha value is -3.51. The van der Waals surface area contributed by atoms with Crippen molar-refractivity contribution in [2.24, 2.45) is 0 Å². The van der Waals surface area contributed by atoms with Crippen LogP contribution in [0.5, 0.6) is 17.2 Å². The van der Waals surface area contributed by atoms with Crippen LogP contribution in [0.1, 0.15) is 12.5 Å². The van der Waals surface area contributed by atoms with E-state index in [0.717, 1.165) is 16.7 Å². The van der Waals surface area contributed by atoms with Gasteiger partial charge in [0.25, 0.3) is 11.1 Å². The second-order valence-corrected chi connectivity index (χ2v) is 8.99. The van der Waals surface area contributed by atoms with Crippen molar-refractivity contribution in [3.63, 3.8) is 0 Å². The molecule has 0 radical (unpaired) electrons. The molecule has 12 heteroatoms. The Kier molecular flexibility index (Phi) is 9.37. The number of carbonyl (C=O) groups is 4. The minimum Gasteiger partial charge on any atom is -0.495 e. The maximum absolute atomic E-state index is 12.9. The molecule has 1 aliphatic heterocycles. The van der Waals surface area contributed by atoms with E-state index in [1.165, 1.54) is 20.3 Å². The van der Waals surface area contributed by atoms with Gasteiger partial charge in [-0.3, -0.25) is 19.3 Å². The predicted molar refractivity (Wildman–Crippen MR) is 137 cm³/mol. The molecule has 190 valence electrons. The highest BCUT2D eigenvalue weighted by Crippen LogP contribution is 2.39. The summed E-state index contributed by atoms with van der Waals surface area (Å²) in [7, 11) is 2.90. The highest BCUT2D eigenvalue weighted by Gasteiger charge is 2.36. The lowest BCUT2D eigenvalue weighted by atomic mass is 10.2. The first kappa shape index (κ1) is 27.1. The van der Waals surface area contributed by atoms with E-state index in [0.29, 0.717) is 27.2 Å². The molecule has 36 heavy (non-hydrogen) atoms. The zero-order valence-corrected chi connectivity index (χ0v) is 22.1. The quantitative estimate of drug-likeness (QED) is 0.328. The van der Waals surface area contributed by atoms with E-state index < -0.39 is 29.6 Å². The van der Waals surface area contributed by atoms with Crippen LogP contribution in [0.25, 0.3) is 6.08 Å². The molecule has 0 unspecified atom stereocenters. The Labute approximate surface area is 220 Å². The first-order chi connectivity index (χ1) is 17.3. The van der Waals surface area contributed by atoms with Crippen molar-refractivity contribution in [1.29, 1.82) is 0 Å². The van der Waals surface area contributed by atoms with Crippen molar-refractivity contribution in [3.8, 4) is 17.2 Å². The molecule has 1 saturated heterocycles. The van der Waals surface area contributed by atoms with E-state index >= 15 is 0 Å². The number of hydrogen-bond acceptors (Lipinski definition) is 9. The fraction of sp³-hybridized carbons (Fsp3) is 0.250. The smallest absolute Gasteiger partial charge is 0.344 e. The third-order valence-corrected chi connectivity index (χ3v) is 6.24. The number of nitrogens with one attached hydrogen (secondary N) is 1. The summed E-state index contributed by atoms with van der Waals surface area (Å²) in [6.45, 7) is 1.17. The molecule has 2 aromatic carbocycles. The van der Waals surface area contributed by atoms with E-state index in [-0.39, 0.29) is 23.9 Å². The van der Waals surface area contributed by atoms with Crippen molar-refractivity contribution < 1.29 is 38.1 Å². The van der Waals surface area contributed by atoms with Gasteiger partial charge < -0.3 is 24.3 Å². The van der Waals surface area contributed by atoms with Crippen LogP contribution in [0, 0.1) is 0 Å². The zero-order chi connectivity index (χ0) is 26.2. The van der Waals surface area contributed by atoms with Gasteiger partial charge >= 0.3 is 5.97 Å². The molecule has 0 spiro atoms. The lowest BCUT2D eigenvalue weighted by Gasteiger charge is -2.14. The third-order valence-electron chi connectivity index (χ3n) is 4.75. The maximum Gasteiger partial charge on any atom is 0.344 e. The van der Waals surface area contributed by atoms with Gasteiger partial charge in [0.15, 0.2) is 18.1 Å². The monoisotopic (exact) mass is 578 g/mol. The van der Waals surface area contributed by atoms with Crippen LogP contribution in [-0.4, -0.2) is 61.9 Å². The van der Waals surface area contributed by atoms with Crippen molar-refractivity contribution in [1.82, 2.24) is 4.90 Å². The van der Waals surface area contributed by atoms with Gasteiger partial charge in [-0.15, -0.1) is 0 Å². The molecule has 0 aliphatic carbocycles. The summed E-state index contributed by atoms with van der Waals surface area (Å²) in [5.74, 6) is -0.638. The number of imide groups is 1. The van der Waals surface area contributed by atoms with Crippen molar-refractivity contribution in [3.05, 3.63) is 51.3 Å². The van der Waals surface area contributed by atoms with Gasteiger partial charge in [0, 0.05) is 0 Å². The summed E-state index contributed by atoms with van der Waals surface area (Å²) >= 11 is 4.09. The predicted octanol–water partition coefficient (Wildman–Crippen LogP) is 4.08. The van der Waals surface area contributed by atoms with Gasteiger partial charge in [-0.2, -0.15) is 0 Å². The molecule has 0 saturated carbocycles. The summed E-state index contributed by atoms with van der Waals surface area (Å²) in [4.78, 5) is 50.4. The van der Waals surface area contributed by atoms with E-state index in [2.05, 4.69) is 21.2 Å². The van der Waals surface area contributed by atoms with Crippen molar-refractivity contribution in [2.75, 3.05) is 39.3 Å². The standard InChI is InChI=1S/C24H23BrN2O8S/c1-4-34-21(29)13-35-22-15(25)9-14(10-18(22)33-3)11-19-23(30)27(24(31)36-19)12-20(28)26-16-7-5-6-8-17(16)32-2/h5-11H,4,12-13H2,1-3H3,(H,26,28)/b19-11-. The number of ether oxygens (including phenoxy) is 4. The fourth-order valence-electron chi connectivity index (χ4n) is 3.17. The lowest BCUT2D eigenvalue weighted by Crippen LogP contribution is -2.36. The van der Waals surface area contributed by atoms with Crippen LogP contribution >= 0.6 is 27.7 Å². The van der Waals surface area contributed by atoms with Gasteiger partial charge in [0.1, 0.15) is 12.3 Å². The number of thioether (sulfide) groups is 1. The largest absolute Gasteiger partial charge is 0.495 e. The summed E-state index contributed by atoms with van der Waals surface area (Å²) in [5.41, 5.74) is 0.959. The number of nitrogens with zero attached hydrogens (tertiary/aromatic N) is 1. The molecule has 0 atom stereocenters. The first-order valence-corrected chi connectivity index (χ1v) is 12.2. The number of methoxy groups -OCH3 is 2. The Morgan fingerprint density at radius 2 is 1.83 bits per heavy atom. The topological polar surface area (TPSA) is 120 Å². The summed E-state index contributed by atoms with van der Waals surface area (Å²) in [5, 5.41) is 2.07. The van der Waals surface area contributed by atoms with E-state index in [4.69, 9.17) is 18.9 Å². The highest BCUT2D eigenvalue weighted by molar-refractivity contribution is 9.10. The van der Waals surface area contributed by atoms with Gasteiger partial charge in [0.2, 0.25) is 5.91 Å². The van der Waals surface area contributed by atoms with Crippen LogP contribution in [0.3, 0.4) is 0 Å². The fourth-order valence-corrected chi connectivity index (χ4v) is 4.58. The number of halogens is 1. The van der Waals surface area contributed by atoms with E-state index in [9.17, 15) is 19.2 Å². The van der Waals surface area contributed by atoms with Gasteiger partial charge in [-0.05, 0) is 70.5 Å². The van der Waals surface area contributed by atoms with E-state index in [1.54, 1.807) is 43.3 Å². The second kappa shape index (κ2) is 12.5. The maximum atomic E-state index is 12.9. The number of rotatable bonds is 10. The normalized spacial score (nSPS) is 14.1. The number of amides is 3. The minimum atomic E-state index is -0.599. The number of para-hydroxylation sites is 2. The van der Waals surface area contributed by atoms with Crippen LogP contribution in [0.15, 0.2) is 45.8 Å². The number of benzene rings is 2. The highest BCUT2D eigenvalue weighted by atomic mass is 79.9. The molecule has 1 heterocycles. The molecule has 3 rings (SSSR count). The van der Waals surface area contributed by atoms with Crippen molar-refractivity contribution in [2.45, 2.75) is 6.92 Å². The average molecular weight is 579 g/mol. The zero-order valence-electron chi connectivity index (χ0n) is 19.7. The van der Waals surface area contributed by atoms with Gasteiger partial charge in [-0.1, -0.05) is 12.1 Å². The third kappa shape index (κ3) is 6.58. The Morgan fingerprint density at radius 1 is 1.11 bits per heavy atom. The molecule has 1 N–H and O–H groups in total. The molecule has 10 nitrogen and oxygen atoms in total. The van der Waals surface area contributed by atoms with Crippen LogP contribution in [0.2, 0.25) is 0 Å². The number of esters is 1. The molecule has 0 aromatic heterocycles. The Morgan fingerprint density at radius 3 is 2.53 bits per heavy atom. The average Bonchev–Trinajstić information content (AvgIpc) is 3.10. The Bertz CT molecular complexity index is 1220. The lowest BCUT2D eigenvalue weighted by molar-refractivity contribution is -0.145. The summed E-state index contributed by atoms with van der Waals surface area (Å²) in [6, 6.07) is 10.0. The Balaban J connectivity index is 1.73. The summed E-state index contributed by atoms with van der Waals surface area (Å²) < 4.78 is 21.4. The number of hydrogen-bond donors (Lipinski definition) is 1. The molecule has 1 fully saturated rings. The molecule has 3 amide bonds. The molecule has 2 aromatic rings. The van der Waals surface area contributed by atoms with Gasteiger partial charge in [0.05, 0.1) is 35.9 Å². The van der Waals surface area contributed by atoms with Crippen LogP contribution < -0.4 is 19.5 Å². The number of carbonyl (C=O) groups excluding carboxylic acids is 4. The minimum absolute atomic E-state index is 0.138. The SMILES string of the molecule is CCOC(=O)COc1c(Br)cc(/C=C2\SC(=O)N(CC(=O)Nc3ccccc3OC)C2=O)cc1OC. The van der Waals surface area contributed by atoms with Crippen LogP contribution in [0.4, 0.5) is 10.5 Å². The molecule has 0 bridgehead atoms. The van der Waals surface area contributed by atoms with Gasteiger partial charge in [-0.25, -0.2) is 4.79 Å². The number of anilines is 1. The van der Waals surface area contributed by atoms with Crippen molar-refractivity contribution >= 4 is 62.5 Å². The molecular formula is C24H23BrN2O8S. The second-order valence-electron chi connectivity index (χ2n) is 7.14. The molecular weight excluding hydrogens is 556 g/mol. The first-order valence-electron chi connectivity index (χ1n) is 10.6. The van der Waals surface area contributed by atoms with Crippen LogP contribution in [-0.2, 0) is 19.1 Å². The summed E-state index contributed by atoms with van der Waals surface area (Å²) in [6.07, 6.45) is 1.51. The van der Waals surface area contributed by atoms with E-state index in [1.807, 2.05) is 0 Å². The molecule has 1 aliphatic rings.